The predicted molar refractivity (Wildman–Crippen MR) is 333 cm³/mol. The van der Waals surface area contributed by atoms with Crippen molar-refractivity contribution < 1.29 is 169 Å². The number of aliphatic hydroxyl groups is 22. The summed E-state index contributed by atoms with van der Waals surface area (Å²) in [6, 6.07) is 0. The van der Waals surface area contributed by atoms with Crippen LogP contribution >= 0.6 is 0 Å². The minimum atomic E-state index is -1.99. The van der Waals surface area contributed by atoms with Crippen LogP contribution in [0.4, 0.5) is 0 Å². The van der Waals surface area contributed by atoms with Crippen molar-refractivity contribution in [1.82, 2.24) is 0 Å². The summed E-state index contributed by atoms with van der Waals surface area (Å²) in [7, 11) is 0. The van der Waals surface area contributed by atoms with Gasteiger partial charge < -0.3 is 169 Å². The summed E-state index contributed by atoms with van der Waals surface area (Å²) in [5, 5.41) is 239. The van der Waals surface area contributed by atoms with Crippen molar-refractivity contribution in [2.75, 3.05) is 39.6 Å². The van der Waals surface area contributed by atoms with Crippen LogP contribution in [-0.2, 0) is 56.8 Å². The topological polar surface area (TPSA) is 556 Å². The van der Waals surface area contributed by atoms with Gasteiger partial charge >= 0.3 is 0 Å². The molecule has 10 rings (SSSR count). The molecule has 6 heterocycles. The fraction of sp³-hybridized carbons (Fsp3) is 0.970. The van der Waals surface area contributed by atoms with Crippen molar-refractivity contribution >= 4 is 0 Å². The largest absolute Gasteiger partial charge is 0.394 e. The van der Waals surface area contributed by atoms with Crippen molar-refractivity contribution in [3.05, 3.63) is 11.6 Å². The van der Waals surface area contributed by atoms with Crippen LogP contribution in [0.1, 0.15) is 107 Å². The standard InChI is InChI=1S/C66H112O34/c1-24(9-13-37(63(4,5)88)98-61-55(99-58-52(86)46(80)40(74)30(20-69)93-58)49(83)43(77)33(96-61)23-90-57-51(85)45(79)39(73)29(19-68)92-57)25-15-16-64(6)34-12-10-26-27(66(34,8)35(71)17-65(25,64)7)11-14-36(62(26,2)3)97-60-54(48(82)41(75)31(21-70)94-60)100-59-53(87)47(81)42(76)32(95-59)22-89-56-50(84)44(78)38(72)28(18-67)91-56/h10,24-25,27-61,67-88H,9,11-23H2,1-8H3/t24-,25?,27?,28-,29-,30+,31-,32+,33-,34?,35-,36+,37-,38-,39-,40+,41-,42+,43-,44+,45+,46-,47-,48+,49+,50-,51-,52+,53+,54-,55-,56-,57-,58-,59?,60+,61+,64+,65-,66+/m1/s1. The first-order valence-electron chi connectivity index (χ1n) is 35.1. The van der Waals surface area contributed by atoms with Crippen LogP contribution in [0.2, 0.25) is 0 Å². The van der Waals surface area contributed by atoms with Crippen LogP contribution in [-0.4, -0.2) is 360 Å². The summed E-state index contributed by atoms with van der Waals surface area (Å²) in [6.45, 7) is 11.3. The first-order valence-corrected chi connectivity index (χ1v) is 35.1. The highest BCUT2D eigenvalue weighted by atomic mass is 16.8. The van der Waals surface area contributed by atoms with Gasteiger partial charge in [-0.2, -0.15) is 0 Å². The third kappa shape index (κ3) is 14.8. The molecule has 34 nitrogen and oxygen atoms in total. The van der Waals surface area contributed by atoms with E-state index in [0.717, 1.165) is 18.4 Å². The monoisotopic (exact) mass is 1450 g/mol. The van der Waals surface area contributed by atoms with E-state index in [1.807, 2.05) is 13.8 Å². The Morgan fingerprint density at radius 3 is 1.33 bits per heavy atom. The van der Waals surface area contributed by atoms with E-state index in [4.69, 9.17) is 56.8 Å². The average molecular weight is 1450 g/mol. The molecule has 22 N–H and O–H groups in total. The Morgan fingerprint density at radius 1 is 0.460 bits per heavy atom. The van der Waals surface area contributed by atoms with Crippen LogP contribution in [0.5, 0.6) is 0 Å². The van der Waals surface area contributed by atoms with Crippen LogP contribution in [0.3, 0.4) is 0 Å². The zero-order valence-corrected chi connectivity index (χ0v) is 57.6. The van der Waals surface area contributed by atoms with E-state index < -0.39 is 264 Å². The summed E-state index contributed by atoms with van der Waals surface area (Å²) in [5.74, 6) is -0.257. The summed E-state index contributed by atoms with van der Waals surface area (Å²) in [4.78, 5) is 0. The minimum absolute atomic E-state index is 0.0192. The van der Waals surface area contributed by atoms with Crippen molar-refractivity contribution in [3.63, 3.8) is 0 Å². The molecule has 10 aliphatic rings. The zero-order valence-electron chi connectivity index (χ0n) is 57.6. The number of allylic oxidation sites excluding steroid dienone is 1. The van der Waals surface area contributed by atoms with E-state index in [2.05, 4.69) is 33.8 Å². The first kappa shape index (κ1) is 80.9. The van der Waals surface area contributed by atoms with Crippen molar-refractivity contribution in [2.45, 2.75) is 315 Å². The maximum absolute atomic E-state index is 13.0. The molecule has 4 aliphatic carbocycles. The predicted octanol–water partition coefficient (Wildman–Crippen LogP) is -7.58. The maximum Gasteiger partial charge on any atom is 0.187 e. The SMILES string of the molecule is C[C@H](CC[C@@H](O[C@@H]1O[C@H](CO[C@@H]2O[C@H](CO)[C@@H](O)[C@H](O)[C@H]2O)[C@@H](O)[C@H](O)[C@H]1O[C@H]1O[C@@H](CO)[C@H](O)[C@@H](O)[C@@H]1O)C(C)(C)O)C1CC[C@@]2(C)C3CC=C4C(CC[C@H](O[C@@H]5O[C@H](CO)[C@@H](O)[C@H](O)[C@H]5OC5O[C@@H](CO[C@@H]6O[C@H](CO)[C@@H](O)[C@H](O)[C@H]6O)[C@H](O)[C@@H](O)[C@@H]5O)C4(C)C)[C@]3(C)[C@H](O)C[C@]12C. The van der Waals surface area contributed by atoms with Crippen LogP contribution < -0.4 is 0 Å². The number of ether oxygens (including phenoxy) is 12. The molecule has 40 atom stereocenters. The molecular formula is C66H112O34. The summed E-state index contributed by atoms with van der Waals surface area (Å²) in [5.41, 5.74) is -2.90. The number of fused-ring (bicyclic) bond motifs is 5. The van der Waals surface area contributed by atoms with Gasteiger partial charge in [-0.1, -0.05) is 53.2 Å². The molecule has 0 amide bonds. The van der Waals surface area contributed by atoms with Crippen LogP contribution in [0, 0.1) is 45.3 Å². The summed E-state index contributed by atoms with van der Waals surface area (Å²) in [6.07, 6.45) is -48.5. The summed E-state index contributed by atoms with van der Waals surface area (Å²) < 4.78 is 71.6. The van der Waals surface area contributed by atoms with Crippen LogP contribution in [0.15, 0.2) is 11.6 Å². The van der Waals surface area contributed by atoms with Gasteiger partial charge in [-0.25, -0.2) is 0 Å². The second-order valence-corrected chi connectivity index (χ2v) is 31.5. The fourth-order valence-corrected chi connectivity index (χ4v) is 18.5. The van der Waals surface area contributed by atoms with Crippen molar-refractivity contribution in [2.24, 2.45) is 45.3 Å². The Kier molecular flexibility index (Phi) is 25.5. The average Bonchev–Trinajstić information content (AvgIpc) is 1.33. The maximum atomic E-state index is 13.0. The Bertz CT molecular complexity index is 2670. The fourth-order valence-electron chi connectivity index (χ4n) is 18.5. The lowest BCUT2D eigenvalue weighted by Gasteiger charge is -2.67. The molecule has 9 fully saturated rings. The Morgan fingerprint density at radius 2 is 0.860 bits per heavy atom. The van der Waals surface area contributed by atoms with Gasteiger partial charge in [0.25, 0.3) is 0 Å². The lowest BCUT2D eigenvalue weighted by atomic mass is 9.38. The quantitative estimate of drug-likeness (QED) is 0.0423. The molecule has 6 saturated heterocycles. The van der Waals surface area contributed by atoms with Crippen molar-refractivity contribution in [3.8, 4) is 0 Å². The molecule has 580 valence electrons. The molecule has 0 radical (unpaired) electrons. The smallest absolute Gasteiger partial charge is 0.187 e. The van der Waals surface area contributed by atoms with Gasteiger partial charge in [-0.3, -0.25) is 0 Å². The Balaban J connectivity index is 0.828. The number of aliphatic hydroxyl groups excluding tert-OH is 21. The van der Waals surface area contributed by atoms with E-state index >= 15 is 0 Å². The highest BCUT2D eigenvalue weighted by molar-refractivity contribution is 5.32. The molecule has 100 heavy (non-hydrogen) atoms. The van der Waals surface area contributed by atoms with E-state index in [1.54, 1.807) is 0 Å². The van der Waals surface area contributed by atoms with Gasteiger partial charge in [0.1, 0.15) is 146 Å². The van der Waals surface area contributed by atoms with Gasteiger partial charge in [-0.15, -0.1) is 0 Å². The summed E-state index contributed by atoms with van der Waals surface area (Å²) >= 11 is 0. The third-order valence-corrected chi connectivity index (χ3v) is 25.0. The lowest BCUT2D eigenvalue weighted by Crippen LogP contribution is -2.66. The second-order valence-electron chi connectivity index (χ2n) is 31.5. The lowest BCUT2D eigenvalue weighted by molar-refractivity contribution is -0.380. The Hall–Kier alpha value is -1.62. The van der Waals surface area contributed by atoms with Crippen molar-refractivity contribution in [1.29, 1.82) is 0 Å². The molecule has 6 aliphatic heterocycles. The molecule has 4 unspecified atom stereocenters. The first-order chi connectivity index (χ1) is 46.9. The van der Waals surface area contributed by atoms with E-state index in [-0.39, 0.29) is 35.5 Å². The normalized spacial score (nSPS) is 52.1. The molecule has 0 aromatic rings. The second kappa shape index (κ2) is 31.5. The number of rotatable bonds is 23. The molecular weight excluding hydrogens is 1340 g/mol. The molecule has 3 saturated carbocycles. The zero-order chi connectivity index (χ0) is 73.5. The van der Waals surface area contributed by atoms with Gasteiger partial charge in [0.15, 0.2) is 37.7 Å². The van der Waals surface area contributed by atoms with Gasteiger partial charge in [0.05, 0.1) is 63.6 Å². The third-order valence-electron chi connectivity index (χ3n) is 25.0. The van der Waals surface area contributed by atoms with Gasteiger partial charge in [-0.05, 0) is 99.7 Å². The molecule has 34 heteroatoms. The molecule has 0 aromatic heterocycles. The van der Waals surface area contributed by atoms with E-state index in [0.29, 0.717) is 32.1 Å². The minimum Gasteiger partial charge on any atom is -0.394 e. The Labute approximate surface area is 579 Å². The molecule has 0 aromatic carbocycles. The highest BCUT2D eigenvalue weighted by Crippen LogP contribution is 2.75. The number of hydrogen-bond donors (Lipinski definition) is 22. The molecule has 0 bridgehead atoms. The van der Waals surface area contributed by atoms with E-state index in [1.165, 1.54) is 13.8 Å². The van der Waals surface area contributed by atoms with E-state index in [9.17, 15) is 112 Å². The van der Waals surface area contributed by atoms with Crippen LogP contribution in [0.25, 0.3) is 0 Å². The van der Waals surface area contributed by atoms with Gasteiger partial charge in [0, 0.05) is 10.8 Å². The number of hydrogen-bond acceptors (Lipinski definition) is 34. The van der Waals surface area contributed by atoms with Gasteiger partial charge in [0.2, 0.25) is 0 Å². The highest BCUT2D eigenvalue weighted by Gasteiger charge is 2.71. The molecule has 0 spiro atoms.